The number of nitrogens with one attached hydrogen (secondary N) is 2. The van der Waals surface area contributed by atoms with E-state index < -0.39 is 0 Å². The maximum Gasteiger partial charge on any atom is 0.251 e. The van der Waals surface area contributed by atoms with Crippen LogP contribution in [-0.2, 0) is 9.47 Å². The number of amides is 2. The lowest BCUT2D eigenvalue weighted by Crippen LogP contribution is -2.29. The summed E-state index contributed by atoms with van der Waals surface area (Å²) in [6.07, 6.45) is 0. The Labute approximate surface area is 140 Å². The van der Waals surface area contributed by atoms with Gasteiger partial charge in [-0.2, -0.15) is 0 Å². The van der Waals surface area contributed by atoms with Crippen molar-refractivity contribution in [3.8, 4) is 0 Å². The van der Waals surface area contributed by atoms with Gasteiger partial charge in [0.2, 0.25) is 0 Å². The molecule has 0 bridgehead atoms. The van der Waals surface area contributed by atoms with Crippen LogP contribution in [0.3, 0.4) is 0 Å². The summed E-state index contributed by atoms with van der Waals surface area (Å²) >= 11 is 0. The number of rotatable bonds is 12. The molecule has 1 aromatic carbocycles. The second-order valence-corrected chi connectivity index (χ2v) is 4.76. The highest BCUT2D eigenvalue weighted by atomic mass is 16.5. The fourth-order valence-electron chi connectivity index (χ4n) is 1.81. The maximum atomic E-state index is 12.0. The van der Waals surface area contributed by atoms with Crippen molar-refractivity contribution in [3.05, 3.63) is 35.4 Å². The molecule has 0 radical (unpaired) electrons. The number of carbonyl (C=O) groups excluding carboxylic acids is 2. The van der Waals surface area contributed by atoms with E-state index in [1.165, 1.54) is 6.07 Å². The molecule has 0 saturated heterocycles. The Balaban J connectivity index is 2.41. The summed E-state index contributed by atoms with van der Waals surface area (Å²) in [5.41, 5.74) is 0.752. The van der Waals surface area contributed by atoms with Crippen molar-refractivity contribution < 1.29 is 29.3 Å². The first-order valence-corrected chi connectivity index (χ1v) is 7.72. The van der Waals surface area contributed by atoms with Crippen LogP contribution in [0.1, 0.15) is 20.7 Å². The molecule has 8 nitrogen and oxygen atoms in total. The third-order valence-electron chi connectivity index (χ3n) is 2.92. The zero-order chi connectivity index (χ0) is 17.6. The molecule has 1 rings (SSSR count). The van der Waals surface area contributed by atoms with Crippen molar-refractivity contribution in [1.82, 2.24) is 10.6 Å². The van der Waals surface area contributed by atoms with Crippen LogP contribution in [0, 0.1) is 0 Å². The van der Waals surface area contributed by atoms with Gasteiger partial charge in [0.1, 0.15) is 0 Å². The minimum atomic E-state index is -0.302. The van der Waals surface area contributed by atoms with Gasteiger partial charge in [-0.3, -0.25) is 9.59 Å². The predicted octanol–water partition coefficient (Wildman–Crippen LogP) is -0.836. The minimum Gasteiger partial charge on any atom is -0.394 e. The van der Waals surface area contributed by atoms with E-state index in [0.717, 1.165) is 0 Å². The van der Waals surface area contributed by atoms with E-state index in [0.29, 0.717) is 37.4 Å². The van der Waals surface area contributed by atoms with E-state index in [-0.39, 0.29) is 38.2 Å². The first-order valence-electron chi connectivity index (χ1n) is 7.72. The summed E-state index contributed by atoms with van der Waals surface area (Å²) in [5, 5.41) is 22.5. The van der Waals surface area contributed by atoms with Gasteiger partial charge in [-0.15, -0.1) is 0 Å². The van der Waals surface area contributed by atoms with E-state index in [4.69, 9.17) is 19.7 Å². The molecule has 0 aliphatic carbocycles. The van der Waals surface area contributed by atoms with Crippen LogP contribution < -0.4 is 10.6 Å². The average molecular weight is 340 g/mol. The van der Waals surface area contributed by atoms with E-state index in [2.05, 4.69) is 10.6 Å². The van der Waals surface area contributed by atoms with Crippen LogP contribution in [0.4, 0.5) is 0 Å². The lowest BCUT2D eigenvalue weighted by atomic mass is 10.1. The summed E-state index contributed by atoms with van der Waals surface area (Å²) < 4.78 is 10.1. The molecule has 0 fully saturated rings. The van der Waals surface area contributed by atoms with Gasteiger partial charge in [-0.05, 0) is 18.2 Å². The first-order chi connectivity index (χ1) is 11.7. The van der Waals surface area contributed by atoms with Gasteiger partial charge in [-0.1, -0.05) is 6.07 Å². The van der Waals surface area contributed by atoms with Crippen molar-refractivity contribution in [2.75, 3.05) is 52.7 Å². The van der Waals surface area contributed by atoms with Gasteiger partial charge in [0.25, 0.3) is 11.8 Å². The van der Waals surface area contributed by atoms with Gasteiger partial charge in [0.15, 0.2) is 0 Å². The SMILES string of the molecule is O=C(NCCOCCO)c1cccc(C(=O)NCCOCCO)c1. The molecule has 0 aliphatic heterocycles. The molecule has 8 heteroatoms. The monoisotopic (exact) mass is 340 g/mol. The van der Waals surface area contributed by atoms with Gasteiger partial charge in [-0.25, -0.2) is 0 Å². The lowest BCUT2D eigenvalue weighted by Gasteiger charge is -2.08. The number of ether oxygens (including phenoxy) is 2. The average Bonchev–Trinajstić information content (AvgIpc) is 2.61. The van der Waals surface area contributed by atoms with E-state index in [1.54, 1.807) is 18.2 Å². The normalized spacial score (nSPS) is 10.4. The molecule has 0 spiro atoms. The van der Waals surface area contributed by atoms with Crippen molar-refractivity contribution in [3.63, 3.8) is 0 Å². The number of carbonyl (C=O) groups is 2. The Bertz CT molecular complexity index is 468. The highest BCUT2D eigenvalue weighted by Gasteiger charge is 2.10. The Hall–Kier alpha value is -2.00. The quantitative estimate of drug-likeness (QED) is 0.369. The van der Waals surface area contributed by atoms with Crippen molar-refractivity contribution in [2.24, 2.45) is 0 Å². The molecule has 0 unspecified atom stereocenters. The summed E-state index contributed by atoms with van der Waals surface area (Å²) in [6.45, 7) is 1.59. The maximum absolute atomic E-state index is 12.0. The minimum absolute atomic E-state index is 0.0594. The molecule has 4 N–H and O–H groups in total. The zero-order valence-electron chi connectivity index (χ0n) is 13.5. The van der Waals surface area contributed by atoms with Crippen LogP contribution in [0.15, 0.2) is 24.3 Å². The van der Waals surface area contributed by atoms with Crippen LogP contribution in [-0.4, -0.2) is 74.8 Å². The summed E-state index contributed by atoms with van der Waals surface area (Å²) in [5.74, 6) is -0.605. The number of aliphatic hydroxyl groups is 2. The largest absolute Gasteiger partial charge is 0.394 e. The molecule has 0 atom stereocenters. The van der Waals surface area contributed by atoms with Crippen molar-refractivity contribution >= 4 is 11.8 Å². The van der Waals surface area contributed by atoms with Crippen LogP contribution in [0.5, 0.6) is 0 Å². The molecular formula is C16H24N2O6. The molecule has 1 aromatic rings. The highest BCUT2D eigenvalue weighted by Crippen LogP contribution is 2.05. The fraction of sp³-hybridized carbons (Fsp3) is 0.500. The molecule has 0 heterocycles. The Morgan fingerprint density at radius 3 is 1.71 bits per heavy atom. The van der Waals surface area contributed by atoms with Gasteiger partial charge in [0, 0.05) is 24.2 Å². The highest BCUT2D eigenvalue weighted by molar-refractivity contribution is 5.99. The van der Waals surface area contributed by atoms with E-state index >= 15 is 0 Å². The number of aliphatic hydroxyl groups excluding tert-OH is 2. The first kappa shape index (κ1) is 20.0. The number of hydrogen-bond donors (Lipinski definition) is 4. The van der Waals surface area contributed by atoms with Crippen molar-refractivity contribution in [2.45, 2.75) is 0 Å². The third kappa shape index (κ3) is 8.02. The van der Waals surface area contributed by atoms with E-state index in [9.17, 15) is 9.59 Å². The standard InChI is InChI=1S/C16H24N2O6/c19-6-10-23-8-4-17-15(21)13-2-1-3-14(12-13)16(22)18-5-9-24-11-7-20/h1-3,12,19-20H,4-11H2,(H,17,21)(H,18,22). The second kappa shape index (κ2) is 12.4. The second-order valence-electron chi connectivity index (χ2n) is 4.76. The molecule has 134 valence electrons. The van der Waals surface area contributed by atoms with Gasteiger partial charge >= 0.3 is 0 Å². The number of benzene rings is 1. The topological polar surface area (TPSA) is 117 Å². The summed E-state index contributed by atoms with van der Waals surface area (Å²) in [7, 11) is 0. The summed E-state index contributed by atoms with van der Waals surface area (Å²) in [4.78, 5) is 24.0. The van der Waals surface area contributed by atoms with Crippen LogP contribution in [0.25, 0.3) is 0 Å². The molecule has 24 heavy (non-hydrogen) atoms. The Kier molecular flexibility index (Phi) is 10.4. The smallest absolute Gasteiger partial charge is 0.251 e. The number of hydrogen-bond acceptors (Lipinski definition) is 6. The van der Waals surface area contributed by atoms with Gasteiger partial charge < -0.3 is 30.3 Å². The molecule has 0 aromatic heterocycles. The fourth-order valence-corrected chi connectivity index (χ4v) is 1.81. The van der Waals surface area contributed by atoms with Crippen LogP contribution >= 0.6 is 0 Å². The molecule has 0 aliphatic rings. The van der Waals surface area contributed by atoms with E-state index in [1.807, 2.05) is 0 Å². The molecule has 0 saturated carbocycles. The third-order valence-corrected chi connectivity index (χ3v) is 2.92. The molecular weight excluding hydrogens is 316 g/mol. The zero-order valence-corrected chi connectivity index (χ0v) is 13.5. The lowest BCUT2D eigenvalue weighted by molar-refractivity contribution is 0.0838. The molecule has 2 amide bonds. The Morgan fingerprint density at radius 1 is 0.833 bits per heavy atom. The van der Waals surface area contributed by atoms with Crippen molar-refractivity contribution in [1.29, 1.82) is 0 Å². The predicted molar refractivity (Wildman–Crippen MR) is 86.9 cm³/mol. The summed E-state index contributed by atoms with van der Waals surface area (Å²) in [6, 6.07) is 6.37. The van der Waals surface area contributed by atoms with Gasteiger partial charge in [0.05, 0.1) is 39.6 Å². The Morgan fingerprint density at radius 2 is 1.29 bits per heavy atom. The van der Waals surface area contributed by atoms with Crippen LogP contribution in [0.2, 0.25) is 0 Å².